The Morgan fingerprint density at radius 3 is 1.61 bits per heavy atom. The molecule has 6 aromatic heterocycles. The summed E-state index contributed by atoms with van der Waals surface area (Å²) in [4.78, 5) is 50.3. The lowest BCUT2D eigenvalue weighted by atomic mass is 9.87. The number of aromatic amines is 1. The quantitative estimate of drug-likeness (QED) is 0.160. The van der Waals surface area contributed by atoms with E-state index in [9.17, 15) is 9.59 Å². The zero-order valence-corrected chi connectivity index (χ0v) is 60.8. The van der Waals surface area contributed by atoms with Crippen LogP contribution in [-0.4, -0.2) is 61.6 Å². The Labute approximate surface area is 561 Å². The predicted molar refractivity (Wildman–Crippen MR) is 391 cm³/mol. The Hall–Kier alpha value is -8.82. The van der Waals surface area contributed by atoms with Crippen LogP contribution in [0.1, 0.15) is 191 Å². The van der Waals surface area contributed by atoms with E-state index in [0.717, 1.165) is 62.1 Å². The number of H-pyrrole nitrogens is 1. The minimum atomic E-state index is -0.864. The molecule has 14 nitrogen and oxygen atoms in total. The maximum absolute atomic E-state index is 10.4. The van der Waals surface area contributed by atoms with Gasteiger partial charge in [0.05, 0.1) is 43.7 Å². The maximum Gasteiger partial charge on any atom is 0.307 e. The minimum absolute atomic E-state index is 0.0149. The fraction of sp³-hybridized carbons (Fsp3) is 0.392. The van der Waals surface area contributed by atoms with Gasteiger partial charge in [0.2, 0.25) is 5.89 Å². The molecule has 0 saturated heterocycles. The molecule has 2 N–H and O–H groups in total. The van der Waals surface area contributed by atoms with Gasteiger partial charge in [0, 0.05) is 70.2 Å². The zero-order chi connectivity index (χ0) is 69.8. The molecular formula is C79H101N9O5S. The van der Waals surface area contributed by atoms with E-state index >= 15 is 0 Å². The summed E-state index contributed by atoms with van der Waals surface area (Å²) < 4.78 is 16.1. The minimum Gasteiger partial charge on any atom is -0.481 e. The molecule has 12 aromatic rings. The first kappa shape index (κ1) is 74.2. The van der Waals surface area contributed by atoms with Crippen molar-refractivity contribution >= 4 is 78.1 Å². The molecule has 0 saturated carbocycles. The van der Waals surface area contributed by atoms with Crippen LogP contribution in [0.2, 0.25) is 0 Å². The molecule has 498 valence electrons. The van der Waals surface area contributed by atoms with Crippen LogP contribution in [0.4, 0.5) is 0 Å². The smallest absolute Gasteiger partial charge is 0.307 e. The van der Waals surface area contributed by atoms with Crippen molar-refractivity contribution in [2.24, 2.45) is 14.1 Å². The van der Waals surface area contributed by atoms with E-state index in [0.29, 0.717) is 17.8 Å². The second kappa shape index (κ2) is 30.5. The maximum atomic E-state index is 10.4. The molecule has 0 bridgehead atoms. The third kappa shape index (κ3) is 21.1. The van der Waals surface area contributed by atoms with Gasteiger partial charge in [-0.3, -0.25) is 9.59 Å². The highest BCUT2D eigenvalue weighted by Crippen LogP contribution is 2.33. The highest BCUT2D eigenvalue weighted by molar-refractivity contribution is 7.18. The molecule has 94 heavy (non-hydrogen) atoms. The van der Waals surface area contributed by atoms with Crippen molar-refractivity contribution in [1.29, 1.82) is 0 Å². The molecule has 15 heteroatoms. The van der Waals surface area contributed by atoms with Crippen molar-refractivity contribution in [1.82, 2.24) is 44.0 Å². The number of imidazole rings is 2. The molecule has 0 spiro atoms. The van der Waals surface area contributed by atoms with E-state index in [1.165, 1.54) is 31.8 Å². The Morgan fingerprint density at radius 1 is 0.532 bits per heavy atom. The zero-order valence-electron chi connectivity index (χ0n) is 59.9. The molecule has 6 heterocycles. The molecule has 0 aliphatic heterocycles. The van der Waals surface area contributed by atoms with Crippen molar-refractivity contribution in [3.8, 4) is 5.75 Å². The first-order valence-corrected chi connectivity index (χ1v) is 32.8. The van der Waals surface area contributed by atoms with Gasteiger partial charge in [0.1, 0.15) is 28.7 Å². The number of carbonyl (C=O) groups excluding carboxylic acids is 1. The Morgan fingerprint density at radius 2 is 1.10 bits per heavy atom. The number of aryl methyl sites for hydroxylation is 2. The Kier molecular flexibility index (Phi) is 24.1. The van der Waals surface area contributed by atoms with E-state index < -0.39 is 5.97 Å². The average molecular weight is 1290 g/mol. The highest BCUT2D eigenvalue weighted by Gasteiger charge is 2.24. The van der Waals surface area contributed by atoms with Crippen LogP contribution in [0, 0.1) is 0 Å². The number of oxazole rings is 1. The number of carboxylic acids is 1. The summed E-state index contributed by atoms with van der Waals surface area (Å²) in [5.74, 6) is 3.45. The van der Waals surface area contributed by atoms with Crippen LogP contribution in [0.25, 0.3) is 54.3 Å². The van der Waals surface area contributed by atoms with Crippen LogP contribution in [0.3, 0.4) is 0 Å². The number of benzene rings is 6. The predicted octanol–water partition coefficient (Wildman–Crippen LogP) is 19.8. The highest BCUT2D eigenvalue weighted by atomic mass is 32.1. The number of aromatic nitrogens is 9. The van der Waals surface area contributed by atoms with Gasteiger partial charge in [-0.2, -0.15) is 0 Å². The number of ether oxygens (including phenoxy) is 1. The number of hydrogen-bond acceptors (Lipinski definition) is 11. The molecule has 6 aromatic carbocycles. The number of hydrogen-bond donors (Lipinski definition) is 2. The summed E-state index contributed by atoms with van der Waals surface area (Å²) >= 11 is 1.79. The van der Waals surface area contributed by atoms with Gasteiger partial charge in [-0.05, 0) is 94.7 Å². The van der Waals surface area contributed by atoms with Crippen molar-refractivity contribution < 1.29 is 23.8 Å². The normalized spacial score (nSPS) is 11.9. The Bertz CT molecular complexity index is 4010. The number of carbonyl (C=O) groups is 2. The summed E-state index contributed by atoms with van der Waals surface area (Å²) in [6.07, 6.45) is 3.12. The number of nitrogens with zero attached hydrogens (tertiary/aromatic N) is 8. The Balaban J connectivity index is 0.000000174. The van der Waals surface area contributed by atoms with Gasteiger partial charge in [-0.1, -0.05) is 224 Å². The molecule has 12 rings (SSSR count). The van der Waals surface area contributed by atoms with E-state index in [-0.39, 0.29) is 44.3 Å². The second-order valence-corrected chi connectivity index (χ2v) is 31.7. The van der Waals surface area contributed by atoms with Gasteiger partial charge >= 0.3 is 5.97 Å². The van der Waals surface area contributed by atoms with Crippen LogP contribution >= 0.6 is 11.3 Å². The van der Waals surface area contributed by atoms with Crippen LogP contribution in [0.15, 0.2) is 168 Å². The van der Waals surface area contributed by atoms with E-state index in [4.69, 9.17) is 14.3 Å². The largest absolute Gasteiger partial charge is 0.481 e. The summed E-state index contributed by atoms with van der Waals surface area (Å²) in [5, 5.41) is 11.1. The fourth-order valence-corrected chi connectivity index (χ4v) is 10.6. The number of rotatable bonds is 4. The van der Waals surface area contributed by atoms with E-state index in [1.54, 1.807) is 29.8 Å². The lowest BCUT2D eigenvalue weighted by Crippen LogP contribution is -2.17. The standard InChI is InChI=1S/C13H17N.C12H16N2.C11H14N2.C11H13NO.C11H13NS.C11H14O2.C10H14N2O2/c1-13(2,3)12-9-10-7-5-6-8-11(10)14(12)4;1-12(2,3)11-13-9-7-5-6-8-10(9)14(11)4;3*1-11(2,3)10-12-8-6-4-5-7-9(8)13-10;1-11(2,3)9-5-4-6-10(7-9)13-8-12;1-10(2,3)9-11-5-7(6-12-9)4-8(13)14/h5-9H,1-4H3;5-8H,1-4H3;4-7H,1-3H3,(H,12,13);2*4-7H,1-3H3;4-8H,1-3H3;5-6H,4H2,1-3H3,(H,13,14). The lowest BCUT2D eigenvalue weighted by molar-refractivity contribution is -0.136. The number of fused-ring (bicyclic) bond motifs is 5. The lowest BCUT2D eigenvalue weighted by Gasteiger charge is -2.19. The van der Waals surface area contributed by atoms with E-state index in [2.05, 4.69) is 256 Å². The van der Waals surface area contributed by atoms with Crippen molar-refractivity contribution in [2.75, 3.05) is 0 Å². The number of para-hydroxylation sites is 8. The summed E-state index contributed by atoms with van der Waals surface area (Å²) in [7, 11) is 4.22. The topological polar surface area (TPSA) is 180 Å². The van der Waals surface area contributed by atoms with Crippen molar-refractivity contribution in [3.05, 3.63) is 209 Å². The number of thiazole rings is 1. The molecule has 0 aliphatic rings. The van der Waals surface area contributed by atoms with Gasteiger partial charge in [0.25, 0.3) is 6.47 Å². The summed E-state index contributed by atoms with van der Waals surface area (Å²) in [6.45, 7) is 45.5. The first-order valence-electron chi connectivity index (χ1n) is 32.0. The molecular weight excluding hydrogens is 1190 g/mol. The molecule has 0 fully saturated rings. The third-order valence-electron chi connectivity index (χ3n) is 14.8. The number of aliphatic carboxylic acids is 1. The molecule has 0 unspecified atom stereocenters. The second-order valence-electron chi connectivity index (χ2n) is 30.7. The fourth-order valence-electron chi connectivity index (χ4n) is 9.62. The number of nitrogens with one attached hydrogen (secondary N) is 1. The summed E-state index contributed by atoms with van der Waals surface area (Å²) in [5.41, 5.74) is 12.4. The number of carboxylic acid groups (broad SMARTS) is 1. The van der Waals surface area contributed by atoms with Gasteiger partial charge in [-0.25, -0.2) is 29.9 Å². The average Bonchev–Trinajstić information content (AvgIpc) is 1.66. The van der Waals surface area contributed by atoms with Gasteiger partial charge in [0.15, 0.2) is 5.58 Å². The van der Waals surface area contributed by atoms with Crippen molar-refractivity contribution in [3.63, 3.8) is 0 Å². The monoisotopic (exact) mass is 1290 g/mol. The molecule has 0 radical (unpaired) electrons. The van der Waals surface area contributed by atoms with Crippen LogP contribution < -0.4 is 4.74 Å². The van der Waals surface area contributed by atoms with Gasteiger partial charge < -0.3 is 28.4 Å². The molecule has 0 aliphatic carbocycles. The third-order valence-corrected chi connectivity index (χ3v) is 16.2. The SMILES string of the molecule is CC(C)(C)c1cccc(OC=O)c1.CC(C)(C)c1nc2ccccc2[nH]1.CC(C)(C)c1nc2ccccc2o1.CC(C)(C)c1nc2ccccc2s1.CC(C)(C)c1ncc(CC(=O)O)cn1.Cn1c(C(C)(C)C)cc2ccccc21.Cn1c(C(C)(C)C)nc2ccccc21. The first-order chi connectivity index (χ1) is 43.6. The molecule has 0 amide bonds. The van der Waals surface area contributed by atoms with Crippen molar-refractivity contribution in [2.45, 2.75) is 190 Å². The van der Waals surface area contributed by atoms with Crippen LogP contribution in [-0.2, 0) is 68.0 Å². The van der Waals surface area contributed by atoms with Gasteiger partial charge in [-0.15, -0.1) is 11.3 Å². The summed E-state index contributed by atoms with van der Waals surface area (Å²) in [6, 6.07) is 50.9. The molecule has 0 atom stereocenters. The van der Waals surface area contributed by atoms with E-state index in [1.807, 2.05) is 93.6 Å². The van der Waals surface area contributed by atoms with Crippen LogP contribution in [0.5, 0.6) is 5.75 Å².